The third-order valence-corrected chi connectivity index (χ3v) is 1.55. The molecule has 1 amide bonds. The van der Waals surface area contributed by atoms with Crippen LogP contribution in [0.1, 0.15) is 10.4 Å². The SMILES string of the molecule is O=CN/C(=N/O)C(=O)c1ccccc1. The van der Waals surface area contributed by atoms with E-state index in [0.717, 1.165) is 0 Å². The van der Waals surface area contributed by atoms with Crippen LogP contribution in [-0.2, 0) is 4.79 Å². The minimum absolute atomic E-state index is 0.274. The van der Waals surface area contributed by atoms with E-state index >= 15 is 0 Å². The summed E-state index contributed by atoms with van der Waals surface area (Å²) in [5, 5.41) is 13.1. The van der Waals surface area contributed by atoms with Gasteiger partial charge in [-0.15, -0.1) is 0 Å². The average molecular weight is 192 g/mol. The first-order valence-corrected chi connectivity index (χ1v) is 3.81. The maximum Gasteiger partial charge on any atom is 0.231 e. The molecule has 0 spiro atoms. The number of carbonyl (C=O) groups is 2. The molecule has 0 aromatic heterocycles. The van der Waals surface area contributed by atoms with Gasteiger partial charge in [-0.2, -0.15) is 0 Å². The van der Waals surface area contributed by atoms with Crippen LogP contribution in [-0.4, -0.2) is 23.2 Å². The predicted octanol–water partition coefficient (Wildman–Crippen LogP) is 0.403. The van der Waals surface area contributed by atoms with Crippen molar-refractivity contribution >= 4 is 18.0 Å². The first kappa shape index (κ1) is 9.91. The van der Waals surface area contributed by atoms with E-state index in [-0.39, 0.29) is 6.41 Å². The van der Waals surface area contributed by atoms with Gasteiger partial charge < -0.3 is 10.5 Å². The molecular weight excluding hydrogens is 184 g/mol. The molecule has 0 fully saturated rings. The van der Waals surface area contributed by atoms with Crippen molar-refractivity contribution < 1.29 is 14.8 Å². The second-order valence-electron chi connectivity index (χ2n) is 2.41. The molecule has 5 nitrogen and oxygen atoms in total. The van der Waals surface area contributed by atoms with Crippen molar-refractivity contribution in [2.45, 2.75) is 0 Å². The summed E-state index contributed by atoms with van der Waals surface area (Å²) in [5.74, 6) is -0.939. The lowest BCUT2D eigenvalue weighted by Gasteiger charge is -2.00. The Balaban J connectivity index is 2.90. The lowest BCUT2D eigenvalue weighted by molar-refractivity contribution is -0.108. The summed E-state index contributed by atoms with van der Waals surface area (Å²) < 4.78 is 0. The molecule has 0 unspecified atom stereocenters. The summed E-state index contributed by atoms with van der Waals surface area (Å²) in [7, 11) is 0. The second kappa shape index (κ2) is 4.76. The number of Topliss-reactive ketones (excluding diaryl/α,β-unsaturated/α-hetero) is 1. The summed E-state index contributed by atoms with van der Waals surface area (Å²) >= 11 is 0. The Morgan fingerprint density at radius 1 is 1.36 bits per heavy atom. The molecule has 0 saturated carbocycles. The van der Waals surface area contributed by atoms with Crippen LogP contribution in [0.4, 0.5) is 0 Å². The Morgan fingerprint density at radius 2 is 2.00 bits per heavy atom. The van der Waals surface area contributed by atoms with Crippen LogP contribution in [0.3, 0.4) is 0 Å². The van der Waals surface area contributed by atoms with E-state index in [0.29, 0.717) is 5.56 Å². The van der Waals surface area contributed by atoms with Crippen molar-refractivity contribution in [3.8, 4) is 0 Å². The van der Waals surface area contributed by atoms with Gasteiger partial charge in [0.15, 0.2) is 0 Å². The van der Waals surface area contributed by atoms with Crippen LogP contribution < -0.4 is 5.32 Å². The molecule has 1 rings (SSSR count). The van der Waals surface area contributed by atoms with Gasteiger partial charge in [0.25, 0.3) is 0 Å². The van der Waals surface area contributed by atoms with Crippen LogP contribution in [0.25, 0.3) is 0 Å². The monoisotopic (exact) mass is 192 g/mol. The number of ketones is 1. The van der Waals surface area contributed by atoms with Crippen LogP contribution >= 0.6 is 0 Å². The molecule has 0 bridgehead atoms. The summed E-state index contributed by atoms with van der Waals surface area (Å²) in [4.78, 5) is 21.5. The fourth-order valence-corrected chi connectivity index (χ4v) is 0.922. The number of benzene rings is 1. The zero-order valence-electron chi connectivity index (χ0n) is 7.18. The maximum atomic E-state index is 11.5. The molecule has 0 aliphatic carbocycles. The van der Waals surface area contributed by atoms with E-state index < -0.39 is 11.6 Å². The highest BCUT2D eigenvalue weighted by atomic mass is 16.4. The van der Waals surface area contributed by atoms with Gasteiger partial charge in [0.05, 0.1) is 0 Å². The van der Waals surface area contributed by atoms with Gasteiger partial charge in [0.1, 0.15) is 0 Å². The number of amidine groups is 1. The lowest BCUT2D eigenvalue weighted by atomic mass is 10.1. The van der Waals surface area contributed by atoms with Crippen LogP contribution in [0.5, 0.6) is 0 Å². The fourth-order valence-electron chi connectivity index (χ4n) is 0.922. The molecule has 0 radical (unpaired) electrons. The van der Waals surface area contributed by atoms with E-state index in [2.05, 4.69) is 5.16 Å². The Kier molecular flexibility index (Phi) is 3.37. The number of nitrogens with zero attached hydrogens (tertiary/aromatic N) is 1. The van der Waals surface area contributed by atoms with Gasteiger partial charge in [0.2, 0.25) is 18.0 Å². The Labute approximate surface area is 80.0 Å². The van der Waals surface area contributed by atoms with Crippen LogP contribution in [0.15, 0.2) is 35.5 Å². The molecule has 1 aromatic rings. The average Bonchev–Trinajstić information content (AvgIpc) is 2.26. The molecule has 0 aliphatic rings. The summed E-state index contributed by atoms with van der Waals surface area (Å²) in [6.07, 6.45) is 0.274. The van der Waals surface area contributed by atoms with E-state index in [1.165, 1.54) is 0 Å². The minimum atomic E-state index is -0.541. The third-order valence-electron chi connectivity index (χ3n) is 1.55. The van der Waals surface area contributed by atoms with Crippen LogP contribution in [0, 0.1) is 0 Å². The van der Waals surface area contributed by atoms with Crippen molar-refractivity contribution in [1.29, 1.82) is 0 Å². The van der Waals surface area contributed by atoms with Gasteiger partial charge in [-0.3, -0.25) is 9.59 Å². The molecule has 0 aliphatic heterocycles. The summed E-state index contributed by atoms with van der Waals surface area (Å²) in [6, 6.07) is 8.20. The smallest absolute Gasteiger partial charge is 0.231 e. The zero-order valence-corrected chi connectivity index (χ0v) is 7.18. The largest absolute Gasteiger partial charge is 0.409 e. The Bertz CT molecular complexity index is 360. The number of nitrogens with one attached hydrogen (secondary N) is 1. The predicted molar refractivity (Wildman–Crippen MR) is 49.2 cm³/mol. The molecular formula is C9H8N2O3. The van der Waals surface area contributed by atoms with Gasteiger partial charge >= 0.3 is 0 Å². The summed E-state index contributed by atoms with van der Waals surface area (Å²) in [6.45, 7) is 0. The normalized spacial score (nSPS) is 10.7. The zero-order chi connectivity index (χ0) is 10.4. The van der Waals surface area contributed by atoms with Gasteiger partial charge in [0, 0.05) is 5.56 Å². The van der Waals surface area contributed by atoms with E-state index in [1.807, 2.05) is 5.32 Å². The molecule has 0 heterocycles. The van der Waals surface area contributed by atoms with E-state index in [9.17, 15) is 9.59 Å². The first-order chi connectivity index (χ1) is 6.79. The number of amides is 1. The van der Waals surface area contributed by atoms with Gasteiger partial charge in [-0.25, -0.2) is 0 Å². The molecule has 0 saturated heterocycles. The highest BCUT2D eigenvalue weighted by Crippen LogP contribution is 2.00. The second-order valence-corrected chi connectivity index (χ2v) is 2.41. The molecule has 0 atom stereocenters. The molecule has 72 valence electrons. The first-order valence-electron chi connectivity index (χ1n) is 3.81. The van der Waals surface area contributed by atoms with Crippen LogP contribution in [0.2, 0.25) is 0 Å². The molecule has 5 heteroatoms. The molecule has 2 N–H and O–H groups in total. The Hall–Kier alpha value is -2.17. The fraction of sp³-hybridized carbons (Fsp3) is 0. The van der Waals surface area contributed by atoms with Gasteiger partial charge in [-0.1, -0.05) is 35.5 Å². The molecule has 1 aromatic carbocycles. The third kappa shape index (κ3) is 2.16. The number of carbonyl (C=O) groups excluding carboxylic acids is 2. The number of hydrogen-bond donors (Lipinski definition) is 2. The molecule has 14 heavy (non-hydrogen) atoms. The minimum Gasteiger partial charge on any atom is -0.409 e. The van der Waals surface area contributed by atoms with Gasteiger partial charge in [-0.05, 0) is 0 Å². The van der Waals surface area contributed by atoms with E-state index in [1.54, 1.807) is 30.3 Å². The van der Waals surface area contributed by atoms with Crippen molar-refractivity contribution in [3.05, 3.63) is 35.9 Å². The van der Waals surface area contributed by atoms with Crippen molar-refractivity contribution in [1.82, 2.24) is 5.32 Å². The van der Waals surface area contributed by atoms with Crippen molar-refractivity contribution in [2.75, 3.05) is 0 Å². The number of oxime groups is 1. The standard InChI is InChI=1S/C9H8N2O3/c12-6-10-9(11-14)8(13)7-4-2-1-3-5-7/h1-6,14H,(H,10,11,12). The number of rotatable bonds is 3. The topological polar surface area (TPSA) is 78.8 Å². The van der Waals surface area contributed by atoms with Crippen molar-refractivity contribution in [3.63, 3.8) is 0 Å². The quantitative estimate of drug-likeness (QED) is 0.182. The summed E-state index contributed by atoms with van der Waals surface area (Å²) in [5.41, 5.74) is 0.342. The Morgan fingerprint density at radius 3 is 2.50 bits per heavy atom. The highest BCUT2D eigenvalue weighted by molar-refractivity contribution is 6.46. The van der Waals surface area contributed by atoms with Crippen molar-refractivity contribution in [2.24, 2.45) is 5.16 Å². The number of hydrogen-bond acceptors (Lipinski definition) is 4. The highest BCUT2D eigenvalue weighted by Gasteiger charge is 2.13. The maximum absolute atomic E-state index is 11.5. The van der Waals surface area contributed by atoms with E-state index in [4.69, 9.17) is 5.21 Å². The lowest BCUT2D eigenvalue weighted by Crippen LogP contribution is -2.30.